The summed E-state index contributed by atoms with van der Waals surface area (Å²) in [5, 5.41) is 8.29. The van der Waals surface area contributed by atoms with Gasteiger partial charge in [0.1, 0.15) is 0 Å². The Kier molecular flexibility index (Phi) is 4.84. The third-order valence-electron chi connectivity index (χ3n) is 5.08. The molecular formula is C26H23N. The molecule has 3 aromatic rings. The molecule has 0 aromatic heterocycles. The molecule has 3 aromatic carbocycles. The van der Waals surface area contributed by atoms with E-state index in [1.54, 1.807) is 0 Å². The summed E-state index contributed by atoms with van der Waals surface area (Å²) in [6.45, 7) is 2.11. The van der Waals surface area contributed by atoms with Gasteiger partial charge in [0, 0.05) is 12.1 Å². The fraction of sp³-hybridized carbons (Fsp3) is 0.115. The number of allylic oxidation sites excluding steroid dienone is 4. The standard InChI is InChI=1S/C26H23N/c1-19-13-15-20(16-14-19)22-9-5-10-23(17-22)25-12-6-8-21-7-3-2-4-11-24(27)18-26(21)25/h2-6,8-17,27H,7,18H2,1H3/b3-2-,11-4-,27-24?. The Balaban J connectivity index is 1.80. The monoisotopic (exact) mass is 349 g/mol. The summed E-state index contributed by atoms with van der Waals surface area (Å²) in [5.74, 6) is 0. The molecule has 1 N–H and O–H groups in total. The third-order valence-corrected chi connectivity index (χ3v) is 5.08. The first-order valence-corrected chi connectivity index (χ1v) is 9.39. The van der Waals surface area contributed by atoms with Gasteiger partial charge in [-0.25, -0.2) is 0 Å². The normalized spacial score (nSPS) is 16.0. The maximum absolute atomic E-state index is 8.29. The molecule has 0 aliphatic heterocycles. The van der Waals surface area contributed by atoms with E-state index in [1.165, 1.54) is 38.9 Å². The zero-order chi connectivity index (χ0) is 18.6. The maximum atomic E-state index is 8.29. The van der Waals surface area contributed by atoms with Crippen molar-refractivity contribution in [2.45, 2.75) is 19.8 Å². The van der Waals surface area contributed by atoms with Crippen LogP contribution in [0.1, 0.15) is 16.7 Å². The van der Waals surface area contributed by atoms with Gasteiger partial charge in [0.15, 0.2) is 0 Å². The first kappa shape index (κ1) is 17.2. The molecule has 0 unspecified atom stereocenters. The van der Waals surface area contributed by atoms with E-state index in [0.29, 0.717) is 12.1 Å². The minimum absolute atomic E-state index is 0.643. The Hall–Kier alpha value is -3.19. The molecular weight excluding hydrogens is 326 g/mol. The molecule has 0 radical (unpaired) electrons. The number of hydrogen-bond acceptors (Lipinski definition) is 1. The SMILES string of the molecule is Cc1ccc(-c2cccc(-c3cccc4c3CC(=N)/C=C\C=C/C4)c2)cc1. The van der Waals surface area contributed by atoms with E-state index in [1.807, 2.05) is 18.2 Å². The predicted octanol–water partition coefficient (Wildman–Crippen LogP) is 6.56. The zero-order valence-corrected chi connectivity index (χ0v) is 15.6. The van der Waals surface area contributed by atoms with Crippen molar-refractivity contribution < 1.29 is 0 Å². The highest BCUT2D eigenvalue weighted by Crippen LogP contribution is 2.31. The van der Waals surface area contributed by atoms with Crippen molar-refractivity contribution in [3.05, 3.63) is 108 Å². The molecule has 1 aliphatic carbocycles. The largest absolute Gasteiger partial charge is 0.305 e. The van der Waals surface area contributed by atoms with Crippen LogP contribution in [0.4, 0.5) is 0 Å². The number of fused-ring (bicyclic) bond motifs is 1. The molecule has 27 heavy (non-hydrogen) atoms. The number of benzene rings is 3. The average Bonchev–Trinajstić information content (AvgIpc) is 2.78. The van der Waals surface area contributed by atoms with Gasteiger partial charge >= 0.3 is 0 Å². The minimum Gasteiger partial charge on any atom is -0.305 e. The van der Waals surface area contributed by atoms with Crippen molar-refractivity contribution >= 4 is 5.71 Å². The van der Waals surface area contributed by atoms with Crippen LogP contribution in [0.5, 0.6) is 0 Å². The molecule has 1 nitrogen and oxygen atoms in total. The lowest BCUT2D eigenvalue weighted by Crippen LogP contribution is -2.03. The summed E-state index contributed by atoms with van der Waals surface area (Å²) in [5.41, 5.74) is 9.39. The van der Waals surface area contributed by atoms with E-state index in [4.69, 9.17) is 5.41 Å². The number of nitrogens with one attached hydrogen (secondary N) is 1. The lowest BCUT2D eigenvalue weighted by atomic mass is 9.89. The molecule has 4 rings (SSSR count). The minimum atomic E-state index is 0.643. The van der Waals surface area contributed by atoms with Gasteiger partial charge in [-0.05, 0) is 58.9 Å². The second kappa shape index (κ2) is 7.59. The summed E-state index contributed by atoms with van der Waals surface area (Å²) < 4.78 is 0. The van der Waals surface area contributed by atoms with Crippen LogP contribution in [0.25, 0.3) is 22.3 Å². The van der Waals surface area contributed by atoms with Crippen LogP contribution in [-0.2, 0) is 12.8 Å². The van der Waals surface area contributed by atoms with Crippen LogP contribution in [0.15, 0.2) is 91.0 Å². The fourth-order valence-electron chi connectivity index (χ4n) is 3.61. The lowest BCUT2D eigenvalue weighted by Gasteiger charge is -2.15. The zero-order valence-electron chi connectivity index (χ0n) is 15.6. The highest BCUT2D eigenvalue weighted by molar-refractivity contribution is 5.95. The summed E-state index contributed by atoms with van der Waals surface area (Å²) in [4.78, 5) is 0. The summed E-state index contributed by atoms with van der Waals surface area (Å²) >= 11 is 0. The molecule has 0 heterocycles. The van der Waals surface area contributed by atoms with Crippen molar-refractivity contribution in [2.24, 2.45) is 0 Å². The van der Waals surface area contributed by atoms with E-state index in [2.05, 4.69) is 79.7 Å². The Labute approximate surface area is 161 Å². The van der Waals surface area contributed by atoms with Crippen LogP contribution in [0.3, 0.4) is 0 Å². The van der Waals surface area contributed by atoms with Crippen molar-refractivity contribution in [1.82, 2.24) is 0 Å². The molecule has 0 fully saturated rings. The van der Waals surface area contributed by atoms with E-state index in [9.17, 15) is 0 Å². The van der Waals surface area contributed by atoms with Crippen molar-refractivity contribution in [3.63, 3.8) is 0 Å². The molecule has 0 saturated carbocycles. The van der Waals surface area contributed by atoms with Crippen molar-refractivity contribution in [2.75, 3.05) is 0 Å². The van der Waals surface area contributed by atoms with E-state index in [0.717, 1.165) is 6.42 Å². The van der Waals surface area contributed by atoms with Gasteiger partial charge in [-0.15, -0.1) is 0 Å². The van der Waals surface area contributed by atoms with Gasteiger partial charge in [0.2, 0.25) is 0 Å². The Morgan fingerprint density at radius 3 is 2.41 bits per heavy atom. The van der Waals surface area contributed by atoms with Gasteiger partial charge < -0.3 is 5.41 Å². The Bertz CT molecular complexity index is 1040. The highest BCUT2D eigenvalue weighted by atomic mass is 14.4. The van der Waals surface area contributed by atoms with Gasteiger partial charge in [-0.2, -0.15) is 0 Å². The second-order valence-electron chi connectivity index (χ2n) is 7.08. The molecule has 1 aliphatic rings. The van der Waals surface area contributed by atoms with Gasteiger partial charge in [0.05, 0.1) is 0 Å². The summed E-state index contributed by atoms with van der Waals surface area (Å²) in [7, 11) is 0. The lowest BCUT2D eigenvalue weighted by molar-refractivity contribution is 1.17. The molecule has 0 bridgehead atoms. The number of hydrogen-bond donors (Lipinski definition) is 1. The first-order valence-electron chi connectivity index (χ1n) is 9.39. The topological polar surface area (TPSA) is 23.9 Å². The second-order valence-corrected chi connectivity index (χ2v) is 7.08. The quantitative estimate of drug-likeness (QED) is 0.542. The van der Waals surface area contributed by atoms with Crippen LogP contribution < -0.4 is 0 Å². The Morgan fingerprint density at radius 1 is 0.778 bits per heavy atom. The van der Waals surface area contributed by atoms with Crippen LogP contribution in [-0.4, -0.2) is 5.71 Å². The van der Waals surface area contributed by atoms with Crippen LogP contribution >= 0.6 is 0 Å². The number of aryl methyl sites for hydroxylation is 1. The molecule has 0 atom stereocenters. The molecule has 0 saturated heterocycles. The smallest absolute Gasteiger partial charge is 0.0358 e. The highest BCUT2D eigenvalue weighted by Gasteiger charge is 2.12. The van der Waals surface area contributed by atoms with Gasteiger partial charge in [0.25, 0.3) is 0 Å². The maximum Gasteiger partial charge on any atom is 0.0358 e. The van der Waals surface area contributed by atoms with E-state index < -0.39 is 0 Å². The molecule has 1 heteroatoms. The van der Waals surface area contributed by atoms with Crippen molar-refractivity contribution in [1.29, 1.82) is 5.41 Å². The first-order chi connectivity index (χ1) is 13.2. The molecule has 0 amide bonds. The van der Waals surface area contributed by atoms with Crippen LogP contribution in [0, 0.1) is 12.3 Å². The fourth-order valence-corrected chi connectivity index (χ4v) is 3.61. The van der Waals surface area contributed by atoms with E-state index in [-0.39, 0.29) is 0 Å². The van der Waals surface area contributed by atoms with E-state index >= 15 is 0 Å². The summed E-state index contributed by atoms with van der Waals surface area (Å²) in [6.07, 6.45) is 9.63. The van der Waals surface area contributed by atoms with Crippen LogP contribution in [0.2, 0.25) is 0 Å². The third kappa shape index (κ3) is 3.83. The summed E-state index contributed by atoms with van der Waals surface area (Å²) in [6, 6.07) is 23.9. The van der Waals surface area contributed by atoms with Gasteiger partial charge in [-0.1, -0.05) is 84.5 Å². The Morgan fingerprint density at radius 2 is 1.56 bits per heavy atom. The molecule has 0 spiro atoms. The number of rotatable bonds is 2. The predicted molar refractivity (Wildman–Crippen MR) is 115 cm³/mol. The van der Waals surface area contributed by atoms with Crippen molar-refractivity contribution in [3.8, 4) is 22.3 Å². The average molecular weight is 349 g/mol. The molecule has 132 valence electrons. The van der Waals surface area contributed by atoms with Gasteiger partial charge in [-0.3, -0.25) is 0 Å².